The van der Waals surface area contributed by atoms with E-state index in [2.05, 4.69) is 42.7 Å². The van der Waals surface area contributed by atoms with Gasteiger partial charge in [0.2, 0.25) is 0 Å². The highest BCUT2D eigenvalue weighted by Gasteiger charge is 2.94. The van der Waals surface area contributed by atoms with Gasteiger partial charge in [0.1, 0.15) is 0 Å². The second-order valence-corrected chi connectivity index (χ2v) is 7.76. The summed E-state index contributed by atoms with van der Waals surface area (Å²) in [6, 6.07) is 11.9. The van der Waals surface area contributed by atoms with E-state index >= 15 is 0 Å². The van der Waals surface area contributed by atoms with Gasteiger partial charge >= 0.3 is 0 Å². The summed E-state index contributed by atoms with van der Waals surface area (Å²) in [5.41, 5.74) is 9.37. The van der Waals surface area contributed by atoms with Crippen LogP contribution < -0.4 is 11.1 Å². The van der Waals surface area contributed by atoms with Crippen molar-refractivity contribution >= 4 is 0 Å². The molecular formula is C18H24N2. The molecule has 4 fully saturated rings. The molecule has 1 aromatic carbocycles. The fourth-order valence-corrected chi connectivity index (χ4v) is 7.64. The summed E-state index contributed by atoms with van der Waals surface area (Å²) in [5, 5.41) is 3.54. The fourth-order valence-electron chi connectivity index (χ4n) is 7.64. The Labute approximate surface area is 121 Å². The van der Waals surface area contributed by atoms with Gasteiger partial charge in [-0.05, 0) is 61.0 Å². The first-order valence-electron chi connectivity index (χ1n) is 8.18. The van der Waals surface area contributed by atoms with Crippen molar-refractivity contribution in [2.45, 2.75) is 37.1 Å². The van der Waals surface area contributed by atoms with E-state index < -0.39 is 0 Å². The number of nitrogens with one attached hydrogen (secondary N) is 1. The summed E-state index contributed by atoms with van der Waals surface area (Å²) in [5.74, 6) is 2.00. The molecule has 0 radical (unpaired) electrons. The van der Waals surface area contributed by atoms with Crippen molar-refractivity contribution in [3.8, 4) is 0 Å². The second-order valence-electron chi connectivity index (χ2n) is 7.76. The van der Waals surface area contributed by atoms with Crippen LogP contribution in [-0.4, -0.2) is 19.6 Å². The Balaban J connectivity index is 1.58. The molecule has 1 spiro atoms. The molecule has 1 aromatic rings. The SMILES string of the molecule is CNC(CN)C12CC3CC4CC(c5ccccc5)(C1)C432. The fraction of sp³-hybridized carbons (Fsp3) is 0.667. The van der Waals surface area contributed by atoms with Crippen molar-refractivity contribution < 1.29 is 0 Å². The van der Waals surface area contributed by atoms with E-state index in [0.29, 0.717) is 22.3 Å². The lowest BCUT2D eigenvalue weighted by Crippen LogP contribution is -2.95. The van der Waals surface area contributed by atoms with Gasteiger partial charge in [-0.25, -0.2) is 0 Å². The van der Waals surface area contributed by atoms with Crippen molar-refractivity contribution in [2.75, 3.05) is 13.6 Å². The number of benzene rings is 1. The molecule has 0 saturated heterocycles. The highest BCUT2D eigenvalue weighted by atomic mass is 15.1. The summed E-state index contributed by atoms with van der Waals surface area (Å²) in [6.45, 7) is 0.794. The van der Waals surface area contributed by atoms with E-state index in [9.17, 15) is 0 Å². The number of hydrogen-bond acceptors (Lipinski definition) is 2. The first kappa shape index (κ1) is 11.8. The first-order valence-corrected chi connectivity index (χ1v) is 8.18. The Kier molecular flexibility index (Phi) is 1.95. The van der Waals surface area contributed by atoms with Crippen LogP contribution in [0.5, 0.6) is 0 Å². The maximum Gasteiger partial charge on any atom is 0.0249 e. The Hall–Kier alpha value is -0.860. The van der Waals surface area contributed by atoms with Gasteiger partial charge in [0.05, 0.1) is 0 Å². The van der Waals surface area contributed by atoms with Gasteiger partial charge in [0.25, 0.3) is 0 Å². The predicted octanol–water partition coefficient (Wildman–Crippen LogP) is 2.29. The Morgan fingerprint density at radius 2 is 2.00 bits per heavy atom. The zero-order valence-electron chi connectivity index (χ0n) is 12.2. The normalized spacial score (nSPS) is 51.5. The Bertz CT molecular complexity index is 560. The smallest absolute Gasteiger partial charge is 0.0249 e. The molecular weight excluding hydrogens is 244 g/mol. The zero-order valence-corrected chi connectivity index (χ0v) is 12.2. The molecule has 6 atom stereocenters. The molecule has 0 aliphatic heterocycles. The average molecular weight is 268 g/mol. The Morgan fingerprint density at radius 1 is 1.25 bits per heavy atom. The maximum atomic E-state index is 6.08. The van der Waals surface area contributed by atoms with Crippen LogP contribution in [0.25, 0.3) is 0 Å². The van der Waals surface area contributed by atoms with E-state index in [4.69, 9.17) is 5.73 Å². The van der Waals surface area contributed by atoms with Crippen LogP contribution in [0.2, 0.25) is 0 Å². The lowest BCUT2D eigenvalue weighted by molar-refractivity contribution is -0.454. The third-order valence-corrected chi connectivity index (χ3v) is 7.87. The maximum absolute atomic E-state index is 6.08. The van der Waals surface area contributed by atoms with Gasteiger partial charge < -0.3 is 11.1 Å². The third-order valence-electron chi connectivity index (χ3n) is 7.87. The van der Waals surface area contributed by atoms with Gasteiger partial charge in [0.15, 0.2) is 0 Å². The van der Waals surface area contributed by atoms with Crippen molar-refractivity contribution in [1.29, 1.82) is 0 Å². The van der Waals surface area contributed by atoms with E-state index in [0.717, 1.165) is 18.4 Å². The molecule has 0 aromatic heterocycles. The van der Waals surface area contributed by atoms with Gasteiger partial charge in [-0.2, -0.15) is 0 Å². The lowest BCUT2D eigenvalue weighted by atomic mass is 9.07. The van der Waals surface area contributed by atoms with E-state index in [1.807, 2.05) is 0 Å². The number of likely N-dealkylation sites (N-methyl/N-ethyl adjacent to an activating group) is 1. The van der Waals surface area contributed by atoms with Crippen molar-refractivity contribution in [3.63, 3.8) is 0 Å². The molecule has 4 aliphatic carbocycles. The van der Waals surface area contributed by atoms with Crippen molar-refractivity contribution in [1.82, 2.24) is 5.32 Å². The van der Waals surface area contributed by atoms with E-state index in [-0.39, 0.29) is 0 Å². The minimum Gasteiger partial charge on any atom is -0.329 e. The summed E-state index contributed by atoms with van der Waals surface area (Å²) in [4.78, 5) is 0. The van der Waals surface area contributed by atoms with Crippen LogP contribution in [0.15, 0.2) is 30.3 Å². The molecule has 0 amide bonds. The van der Waals surface area contributed by atoms with Crippen LogP contribution in [0.4, 0.5) is 0 Å². The first-order chi connectivity index (χ1) is 9.75. The number of hydrogen-bond donors (Lipinski definition) is 2. The second kappa shape index (κ2) is 3.31. The van der Waals surface area contributed by atoms with Gasteiger partial charge in [-0.3, -0.25) is 0 Å². The molecule has 2 nitrogen and oxygen atoms in total. The lowest BCUT2D eigenvalue weighted by Gasteiger charge is -2.97. The molecule has 106 valence electrons. The summed E-state index contributed by atoms with van der Waals surface area (Å²) >= 11 is 0. The van der Waals surface area contributed by atoms with E-state index in [1.165, 1.54) is 25.7 Å². The molecule has 20 heavy (non-hydrogen) atoms. The monoisotopic (exact) mass is 268 g/mol. The summed E-state index contributed by atoms with van der Waals surface area (Å²) in [7, 11) is 2.10. The van der Waals surface area contributed by atoms with Gasteiger partial charge in [-0.15, -0.1) is 0 Å². The van der Waals surface area contributed by atoms with Crippen LogP contribution in [0, 0.1) is 22.7 Å². The topological polar surface area (TPSA) is 38.0 Å². The largest absolute Gasteiger partial charge is 0.329 e. The van der Waals surface area contributed by atoms with Gasteiger partial charge in [0, 0.05) is 18.0 Å². The van der Waals surface area contributed by atoms with Crippen molar-refractivity contribution in [3.05, 3.63) is 35.9 Å². The third kappa shape index (κ3) is 0.835. The molecule has 2 heteroatoms. The van der Waals surface area contributed by atoms with Crippen LogP contribution in [0.3, 0.4) is 0 Å². The molecule has 4 aliphatic rings. The molecule has 5 rings (SSSR count). The molecule has 4 saturated carbocycles. The average Bonchev–Trinajstić information content (AvgIpc) is 2.40. The number of rotatable bonds is 4. The summed E-state index contributed by atoms with van der Waals surface area (Å²) in [6.07, 6.45) is 5.74. The van der Waals surface area contributed by atoms with Gasteiger partial charge in [-0.1, -0.05) is 30.3 Å². The minimum absolute atomic E-state index is 0.518. The molecule has 0 heterocycles. The minimum atomic E-state index is 0.518. The standard InChI is InChI=1S/C18H24N2/c1-20-15(10-19)17-9-14-7-13-8-16(11-17,18(13,14)17)12-5-3-2-4-6-12/h2-6,13-15,20H,7-11,19H2,1H3. The highest BCUT2D eigenvalue weighted by molar-refractivity contribution is 5.52. The summed E-state index contributed by atoms with van der Waals surface area (Å²) < 4.78 is 0. The predicted molar refractivity (Wildman–Crippen MR) is 80.3 cm³/mol. The zero-order chi connectivity index (χ0) is 13.6. The van der Waals surface area contributed by atoms with Crippen molar-refractivity contribution in [2.24, 2.45) is 28.4 Å². The van der Waals surface area contributed by atoms with Crippen LogP contribution >= 0.6 is 0 Å². The van der Waals surface area contributed by atoms with Crippen LogP contribution in [0.1, 0.15) is 31.2 Å². The molecule has 6 unspecified atom stereocenters. The number of nitrogens with two attached hydrogens (primary N) is 1. The quantitative estimate of drug-likeness (QED) is 0.879. The highest BCUT2D eigenvalue weighted by Crippen LogP contribution is 2.97. The molecule has 0 bridgehead atoms. The Morgan fingerprint density at radius 3 is 2.60 bits per heavy atom. The van der Waals surface area contributed by atoms with E-state index in [1.54, 1.807) is 5.56 Å². The van der Waals surface area contributed by atoms with Crippen LogP contribution in [-0.2, 0) is 5.41 Å². The molecule has 3 N–H and O–H groups in total.